The molecule has 1 amide bonds. The van der Waals surface area contributed by atoms with Gasteiger partial charge in [0.2, 0.25) is 5.88 Å². The quantitative estimate of drug-likeness (QED) is 0.519. The van der Waals surface area contributed by atoms with Crippen molar-refractivity contribution in [2.75, 3.05) is 13.1 Å². The number of carbonyl (C=O) groups is 1. The Morgan fingerprint density at radius 1 is 1.09 bits per heavy atom. The number of aromatic nitrogens is 2. The average Bonchev–Trinajstić information content (AvgIpc) is 3.36. The van der Waals surface area contributed by atoms with Gasteiger partial charge in [0.1, 0.15) is 5.82 Å². The number of hydrogen-bond donors (Lipinski definition) is 1. The molecular weight excluding hydrogens is 426 g/mol. The molecule has 0 saturated carbocycles. The second kappa shape index (κ2) is 10.7. The Morgan fingerprint density at radius 2 is 1.76 bits per heavy atom. The fourth-order valence-electron chi connectivity index (χ4n) is 4.93. The molecule has 2 atom stereocenters. The predicted molar refractivity (Wildman–Crippen MR) is 133 cm³/mol. The molecule has 0 aliphatic carbocycles. The number of nitrogens with zero attached hydrogens (tertiary/aromatic N) is 3. The molecule has 2 aromatic carbocycles. The summed E-state index contributed by atoms with van der Waals surface area (Å²) in [4.78, 5) is 33.4. The highest BCUT2D eigenvalue weighted by molar-refractivity contribution is 5.96. The molecule has 1 N–H and O–H groups in total. The SMILES string of the molecule is CCCCc1nc(O)c(C(=O)N2CC[C@@H](c3ccccc3)C2)c(=O)n1C(CC)c1ccccc1. The van der Waals surface area contributed by atoms with Crippen LogP contribution in [0, 0.1) is 0 Å². The van der Waals surface area contributed by atoms with Crippen LogP contribution in [0.4, 0.5) is 0 Å². The highest BCUT2D eigenvalue weighted by Crippen LogP contribution is 2.29. The minimum atomic E-state index is -0.456. The summed E-state index contributed by atoms with van der Waals surface area (Å²) in [5.41, 5.74) is 1.49. The van der Waals surface area contributed by atoms with E-state index in [4.69, 9.17) is 0 Å². The lowest BCUT2D eigenvalue weighted by molar-refractivity contribution is 0.0783. The summed E-state index contributed by atoms with van der Waals surface area (Å²) in [5, 5.41) is 10.8. The van der Waals surface area contributed by atoms with Crippen LogP contribution in [0.5, 0.6) is 5.88 Å². The van der Waals surface area contributed by atoms with Gasteiger partial charge in [0.05, 0.1) is 6.04 Å². The number of carbonyl (C=O) groups excluding carboxylic acids is 1. The van der Waals surface area contributed by atoms with Gasteiger partial charge in [-0.15, -0.1) is 0 Å². The van der Waals surface area contributed by atoms with Crippen LogP contribution < -0.4 is 5.56 Å². The van der Waals surface area contributed by atoms with E-state index in [9.17, 15) is 14.7 Å². The smallest absolute Gasteiger partial charge is 0.270 e. The van der Waals surface area contributed by atoms with E-state index >= 15 is 0 Å². The van der Waals surface area contributed by atoms with E-state index in [2.05, 4.69) is 24.0 Å². The Labute approximate surface area is 200 Å². The van der Waals surface area contributed by atoms with Crippen LogP contribution in [-0.2, 0) is 6.42 Å². The lowest BCUT2D eigenvalue weighted by Gasteiger charge is -2.24. The summed E-state index contributed by atoms with van der Waals surface area (Å²) in [6.07, 6.45) is 3.84. The molecule has 178 valence electrons. The largest absolute Gasteiger partial charge is 0.493 e. The minimum Gasteiger partial charge on any atom is -0.493 e. The number of rotatable bonds is 8. The van der Waals surface area contributed by atoms with Gasteiger partial charge in [0.15, 0.2) is 5.56 Å². The van der Waals surface area contributed by atoms with Crippen LogP contribution in [0.1, 0.15) is 78.8 Å². The maximum absolute atomic E-state index is 13.8. The second-order valence-electron chi connectivity index (χ2n) is 8.99. The van der Waals surface area contributed by atoms with Gasteiger partial charge in [-0.05, 0) is 30.4 Å². The lowest BCUT2D eigenvalue weighted by atomic mass is 9.99. The van der Waals surface area contributed by atoms with Gasteiger partial charge in [0, 0.05) is 25.4 Å². The molecule has 1 saturated heterocycles. The van der Waals surface area contributed by atoms with Crippen LogP contribution in [0.15, 0.2) is 65.5 Å². The highest BCUT2D eigenvalue weighted by atomic mass is 16.3. The summed E-state index contributed by atoms with van der Waals surface area (Å²) in [5.74, 6) is -0.144. The highest BCUT2D eigenvalue weighted by Gasteiger charge is 2.33. The monoisotopic (exact) mass is 459 g/mol. The van der Waals surface area contributed by atoms with Crippen molar-refractivity contribution in [2.24, 2.45) is 0 Å². The number of aryl methyl sites for hydroxylation is 1. The summed E-state index contributed by atoms with van der Waals surface area (Å²) >= 11 is 0. The molecule has 1 aliphatic heterocycles. The van der Waals surface area contributed by atoms with Gasteiger partial charge in [-0.1, -0.05) is 80.9 Å². The van der Waals surface area contributed by atoms with Crippen molar-refractivity contribution < 1.29 is 9.90 Å². The third-order valence-electron chi connectivity index (χ3n) is 6.77. The fraction of sp³-hybridized carbons (Fsp3) is 0.393. The molecule has 1 aromatic heterocycles. The van der Waals surface area contributed by atoms with Gasteiger partial charge in [0.25, 0.3) is 11.5 Å². The van der Waals surface area contributed by atoms with E-state index in [0.29, 0.717) is 31.8 Å². The van der Waals surface area contributed by atoms with E-state index < -0.39 is 17.3 Å². The topological polar surface area (TPSA) is 75.4 Å². The third-order valence-corrected chi connectivity index (χ3v) is 6.77. The molecule has 0 radical (unpaired) electrons. The first-order chi connectivity index (χ1) is 16.5. The molecule has 3 aromatic rings. The Hall–Kier alpha value is -3.41. The van der Waals surface area contributed by atoms with Crippen molar-refractivity contribution >= 4 is 5.91 Å². The summed E-state index contributed by atoms with van der Waals surface area (Å²) in [6.45, 7) is 5.16. The van der Waals surface area contributed by atoms with Crippen LogP contribution in [0.2, 0.25) is 0 Å². The van der Waals surface area contributed by atoms with Gasteiger partial charge in [-0.2, -0.15) is 4.98 Å². The van der Waals surface area contributed by atoms with Crippen molar-refractivity contribution in [1.29, 1.82) is 0 Å². The first-order valence-electron chi connectivity index (χ1n) is 12.3. The molecule has 0 spiro atoms. The first-order valence-corrected chi connectivity index (χ1v) is 12.3. The zero-order valence-electron chi connectivity index (χ0n) is 20.0. The Bertz CT molecular complexity index is 1170. The van der Waals surface area contributed by atoms with Gasteiger partial charge >= 0.3 is 0 Å². The molecule has 2 heterocycles. The number of benzene rings is 2. The molecule has 6 nitrogen and oxygen atoms in total. The average molecular weight is 460 g/mol. The molecule has 0 bridgehead atoms. The Morgan fingerprint density at radius 3 is 2.41 bits per heavy atom. The molecule has 1 fully saturated rings. The number of aromatic hydroxyl groups is 1. The maximum Gasteiger partial charge on any atom is 0.270 e. The van der Waals surface area contributed by atoms with E-state index in [1.54, 1.807) is 9.47 Å². The normalized spacial score (nSPS) is 16.5. The molecule has 1 unspecified atom stereocenters. The summed E-state index contributed by atoms with van der Waals surface area (Å²) in [7, 11) is 0. The second-order valence-corrected chi connectivity index (χ2v) is 8.99. The summed E-state index contributed by atoms with van der Waals surface area (Å²) < 4.78 is 1.64. The molecule has 1 aliphatic rings. The molecular formula is C28H33N3O3. The van der Waals surface area contributed by atoms with Crippen LogP contribution in [-0.4, -0.2) is 38.6 Å². The first kappa shape index (κ1) is 23.7. The van der Waals surface area contributed by atoms with Gasteiger partial charge in [-0.3, -0.25) is 14.2 Å². The van der Waals surface area contributed by atoms with Gasteiger partial charge < -0.3 is 10.0 Å². The Balaban J connectivity index is 1.72. The van der Waals surface area contributed by atoms with Crippen LogP contribution >= 0.6 is 0 Å². The Kier molecular flexibility index (Phi) is 7.46. The minimum absolute atomic E-state index is 0.219. The standard InChI is InChI=1S/C28H33N3O3/c1-3-5-16-24-29-26(32)25(28(34)31(24)23(4-2)21-14-10-7-11-15-21)27(33)30-18-17-22(19-30)20-12-8-6-9-13-20/h6-15,22-23,32H,3-5,16-19H2,1-2H3/t22-,23?/m1/s1. The van der Waals surface area contributed by atoms with Crippen molar-refractivity contribution in [3.05, 3.63) is 93.5 Å². The molecule has 6 heteroatoms. The number of amides is 1. The lowest BCUT2D eigenvalue weighted by Crippen LogP contribution is -2.38. The van der Waals surface area contributed by atoms with Crippen molar-refractivity contribution in [2.45, 2.75) is 57.9 Å². The van der Waals surface area contributed by atoms with Crippen molar-refractivity contribution in [1.82, 2.24) is 14.5 Å². The van der Waals surface area contributed by atoms with Crippen molar-refractivity contribution in [3.63, 3.8) is 0 Å². The van der Waals surface area contributed by atoms with E-state index in [1.165, 1.54) is 5.56 Å². The fourth-order valence-corrected chi connectivity index (χ4v) is 4.93. The number of likely N-dealkylation sites (tertiary alicyclic amines) is 1. The zero-order chi connectivity index (χ0) is 24.1. The van der Waals surface area contributed by atoms with E-state index in [1.807, 2.05) is 55.5 Å². The maximum atomic E-state index is 13.8. The van der Waals surface area contributed by atoms with Crippen LogP contribution in [0.3, 0.4) is 0 Å². The van der Waals surface area contributed by atoms with E-state index in [0.717, 1.165) is 24.8 Å². The predicted octanol–water partition coefficient (Wildman–Crippen LogP) is 4.92. The van der Waals surface area contributed by atoms with Gasteiger partial charge in [-0.25, -0.2) is 0 Å². The third kappa shape index (κ3) is 4.76. The van der Waals surface area contributed by atoms with Crippen LogP contribution in [0.25, 0.3) is 0 Å². The number of hydrogen-bond acceptors (Lipinski definition) is 4. The number of unbranched alkanes of at least 4 members (excludes halogenated alkanes) is 1. The van der Waals surface area contributed by atoms with E-state index in [-0.39, 0.29) is 17.5 Å². The zero-order valence-corrected chi connectivity index (χ0v) is 20.0. The summed E-state index contributed by atoms with van der Waals surface area (Å²) in [6, 6.07) is 19.7. The molecule has 34 heavy (non-hydrogen) atoms. The van der Waals surface area contributed by atoms with Crippen molar-refractivity contribution in [3.8, 4) is 5.88 Å². The molecule has 4 rings (SSSR count).